The summed E-state index contributed by atoms with van der Waals surface area (Å²) >= 11 is 5.86. The van der Waals surface area contributed by atoms with Crippen molar-refractivity contribution in [3.63, 3.8) is 0 Å². The molecule has 1 aliphatic carbocycles. The van der Waals surface area contributed by atoms with Gasteiger partial charge in [0.05, 0.1) is 24.0 Å². The highest BCUT2D eigenvalue weighted by molar-refractivity contribution is 7.90. The number of sulfone groups is 1. The quantitative estimate of drug-likeness (QED) is 0.631. The van der Waals surface area contributed by atoms with Gasteiger partial charge in [-0.2, -0.15) is 0 Å². The Morgan fingerprint density at radius 3 is 2.57 bits per heavy atom. The number of hydrogen-bond acceptors (Lipinski definition) is 6. The molecule has 0 unspecified atom stereocenters. The Hall–Kier alpha value is -1.93. The molecule has 162 valence electrons. The first-order valence-electron chi connectivity index (χ1n) is 10.2. The highest BCUT2D eigenvalue weighted by atomic mass is 35.5. The maximum Gasteiger partial charge on any atom is 0.225 e. The van der Waals surface area contributed by atoms with E-state index in [2.05, 4.69) is 14.9 Å². The standard InChI is InChI=1S/C21H25ClFN3O3S/c1-30(27,28)20-3-2-17(11-19(20)23)29-9-6-15-10-18(15)14-4-7-26(8-5-14)21-24-12-16(22)13-25-21/h2-3,11-15,18H,4-10H2,1H3/t15-,18+/m0/s1. The number of piperidine rings is 1. The first-order chi connectivity index (χ1) is 14.3. The topological polar surface area (TPSA) is 72.4 Å². The summed E-state index contributed by atoms with van der Waals surface area (Å²) in [5, 5.41) is 0.547. The van der Waals surface area contributed by atoms with E-state index in [1.54, 1.807) is 12.4 Å². The molecule has 6 nitrogen and oxygen atoms in total. The van der Waals surface area contributed by atoms with Gasteiger partial charge in [-0.25, -0.2) is 22.8 Å². The average Bonchev–Trinajstić information content (AvgIpc) is 3.47. The third-order valence-electron chi connectivity index (χ3n) is 6.07. The molecule has 2 atom stereocenters. The van der Waals surface area contributed by atoms with Crippen LogP contribution in [0, 0.1) is 23.6 Å². The van der Waals surface area contributed by atoms with Crippen LogP contribution in [0.15, 0.2) is 35.5 Å². The Balaban J connectivity index is 1.20. The molecule has 2 aliphatic rings. The number of nitrogens with zero attached hydrogens (tertiary/aromatic N) is 3. The molecule has 0 bridgehead atoms. The lowest BCUT2D eigenvalue weighted by Crippen LogP contribution is -2.35. The van der Waals surface area contributed by atoms with E-state index >= 15 is 0 Å². The smallest absolute Gasteiger partial charge is 0.225 e. The Bertz CT molecular complexity index is 995. The van der Waals surface area contributed by atoms with Crippen molar-refractivity contribution in [2.75, 3.05) is 30.9 Å². The predicted octanol–water partition coefficient (Wildman–Crippen LogP) is 3.99. The Morgan fingerprint density at radius 1 is 1.23 bits per heavy atom. The SMILES string of the molecule is CS(=O)(=O)c1ccc(OCC[C@H]2C[C@@H]2C2CCN(c3ncc(Cl)cn3)CC2)cc1F. The van der Waals surface area contributed by atoms with Gasteiger partial charge in [0.25, 0.3) is 0 Å². The summed E-state index contributed by atoms with van der Waals surface area (Å²) in [5.41, 5.74) is 0. The minimum absolute atomic E-state index is 0.299. The van der Waals surface area contributed by atoms with Crippen molar-refractivity contribution in [1.29, 1.82) is 0 Å². The summed E-state index contributed by atoms with van der Waals surface area (Å²) in [7, 11) is -3.57. The number of anilines is 1. The van der Waals surface area contributed by atoms with Gasteiger partial charge in [0.15, 0.2) is 9.84 Å². The maximum atomic E-state index is 13.9. The van der Waals surface area contributed by atoms with Gasteiger partial charge in [0, 0.05) is 25.4 Å². The summed E-state index contributed by atoms with van der Waals surface area (Å²) in [6, 6.07) is 3.92. The summed E-state index contributed by atoms with van der Waals surface area (Å²) in [6.45, 7) is 2.42. The normalized spacial score (nSPS) is 22.2. The fourth-order valence-corrected chi connectivity index (χ4v) is 5.20. The van der Waals surface area contributed by atoms with Gasteiger partial charge >= 0.3 is 0 Å². The van der Waals surface area contributed by atoms with Gasteiger partial charge in [0.1, 0.15) is 16.5 Å². The van der Waals surface area contributed by atoms with E-state index in [0.29, 0.717) is 29.2 Å². The second kappa shape index (κ2) is 8.67. The third kappa shape index (κ3) is 5.03. The molecule has 2 fully saturated rings. The van der Waals surface area contributed by atoms with Crippen molar-refractivity contribution in [3.05, 3.63) is 41.4 Å². The lowest BCUT2D eigenvalue weighted by atomic mass is 9.90. The second-order valence-electron chi connectivity index (χ2n) is 8.19. The van der Waals surface area contributed by atoms with Crippen molar-refractivity contribution in [1.82, 2.24) is 9.97 Å². The van der Waals surface area contributed by atoms with Crippen molar-refractivity contribution >= 4 is 27.4 Å². The van der Waals surface area contributed by atoms with Gasteiger partial charge in [-0.3, -0.25) is 0 Å². The molecule has 1 aromatic carbocycles. The largest absolute Gasteiger partial charge is 0.493 e. The fraction of sp³-hybridized carbons (Fsp3) is 0.524. The first kappa shape index (κ1) is 21.3. The zero-order valence-electron chi connectivity index (χ0n) is 16.8. The van der Waals surface area contributed by atoms with Gasteiger partial charge < -0.3 is 9.64 Å². The maximum absolute atomic E-state index is 13.9. The van der Waals surface area contributed by atoms with Crippen LogP contribution in [-0.2, 0) is 9.84 Å². The summed E-state index contributed by atoms with van der Waals surface area (Å²) in [5.74, 6) is 2.43. The van der Waals surface area contributed by atoms with Crippen LogP contribution in [0.5, 0.6) is 5.75 Å². The molecule has 9 heteroatoms. The average molecular weight is 454 g/mol. The number of ether oxygens (including phenoxy) is 1. The fourth-order valence-electron chi connectivity index (χ4n) is 4.38. The molecule has 2 aromatic rings. The van der Waals surface area contributed by atoms with E-state index in [1.807, 2.05) is 0 Å². The third-order valence-corrected chi connectivity index (χ3v) is 7.40. The second-order valence-corrected chi connectivity index (χ2v) is 10.6. The number of benzene rings is 1. The van der Waals surface area contributed by atoms with Crippen LogP contribution in [0.1, 0.15) is 25.7 Å². The van der Waals surface area contributed by atoms with Gasteiger partial charge in [0.2, 0.25) is 5.95 Å². The molecule has 1 aromatic heterocycles. The van der Waals surface area contributed by atoms with E-state index in [9.17, 15) is 12.8 Å². The van der Waals surface area contributed by atoms with Crippen LogP contribution in [-0.4, -0.2) is 44.3 Å². The molecule has 0 spiro atoms. The van der Waals surface area contributed by atoms with Crippen LogP contribution in [0.3, 0.4) is 0 Å². The van der Waals surface area contributed by atoms with E-state index in [-0.39, 0.29) is 4.90 Å². The van der Waals surface area contributed by atoms with Crippen LogP contribution >= 0.6 is 11.6 Å². The van der Waals surface area contributed by atoms with E-state index in [4.69, 9.17) is 16.3 Å². The summed E-state index contributed by atoms with van der Waals surface area (Å²) in [6.07, 6.45) is 8.67. The lowest BCUT2D eigenvalue weighted by Gasteiger charge is -2.32. The molecule has 2 heterocycles. The molecule has 0 N–H and O–H groups in total. The monoisotopic (exact) mass is 453 g/mol. The first-order valence-corrected chi connectivity index (χ1v) is 12.4. The van der Waals surface area contributed by atoms with Crippen molar-refractivity contribution < 1.29 is 17.5 Å². The number of aromatic nitrogens is 2. The van der Waals surface area contributed by atoms with Gasteiger partial charge in [-0.05, 0) is 55.6 Å². The summed E-state index contributed by atoms with van der Waals surface area (Å²) in [4.78, 5) is 10.5. The lowest BCUT2D eigenvalue weighted by molar-refractivity contribution is 0.283. The Labute approximate surface area is 181 Å². The van der Waals surface area contributed by atoms with Crippen molar-refractivity contribution in [2.45, 2.75) is 30.6 Å². The van der Waals surface area contributed by atoms with E-state index in [1.165, 1.54) is 18.6 Å². The van der Waals surface area contributed by atoms with Crippen LogP contribution in [0.2, 0.25) is 5.02 Å². The zero-order valence-corrected chi connectivity index (χ0v) is 18.4. The van der Waals surface area contributed by atoms with Crippen LogP contribution in [0.4, 0.5) is 10.3 Å². The molecule has 1 saturated heterocycles. The zero-order chi connectivity index (χ0) is 21.3. The Kier molecular flexibility index (Phi) is 6.16. The minimum atomic E-state index is -3.57. The summed E-state index contributed by atoms with van der Waals surface area (Å²) < 4.78 is 42.6. The van der Waals surface area contributed by atoms with Crippen molar-refractivity contribution in [3.8, 4) is 5.75 Å². The highest BCUT2D eigenvalue weighted by Crippen LogP contribution is 2.49. The molecule has 0 amide bonds. The molecule has 30 heavy (non-hydrogen) atoms. The van der Waals surface area contributed by atoms with E-state index in [0.717, 1.165) is 56.5 Å². The molecule has 1 aliphatic heterocycles. The van der Waals surface area contributed by atoms with E-state index < -0.39 is 15.7 Å². The molecule has 1 saturated carbocycles. The molecular weight excluding hydrogens is 429 g/mol. The van der Waals surface area contributed by atoms with Crippen molar-refractivity contribution in [2.24, 2.45) is 17.8 Å². The minimum Gasteiger partial charge on any atom is -0.493 e. The van der Waals surface area contributed by atoms with Crippen LogP contribution < -0.4 is 9.64 Å². The Morgan fingerprint density at radius 2 is 1.93 bits per heavy atom. The van der Waals surface area contributed by atoms with Gasteiger partial charge in [-0.1, -0.05) is 11.6 Å². The van der Waals surface area contributed by atoms with Crippen LogP contribution in [0.25, 0.3) is 0 Å². The molecule has 0 radical (unpaired) electrons. The predicted molar refractivity (Wildman–Crippen MR) is 113 cm³/mol. The number of hydrogen-bond donors (Lipinski definition) is 0. The number of halogens is 2. The highest BCUT2D eigenvalue weighted by Gasteiger charge is 2.43. The molecular formula is C21H25ClFN3O3S. The number of rotatable bonds is 7. The van der Waals surface area contributed by atoms with Gasteiger partial charge in [-0.15, -0.1) is 0 Å². The molecule has 4 rings (SSSR count).